The van der Waals surface area contributed by atoms with E-state index in [0.29, 0.717) is 12.2 Å². The molecule has 1 aliphatic rings. The van der Waals surface area contributed by atoms with Crippen molar-refractivity contribution < 1.29 is 9.32 Å². The van der Waals surface area contributed by atoms with Crippen molar-refractivity contribution in [1.82, 2.24) is 24.6 Å². The van der Waals surface area contributed by atoms with Gasteiger partial charge in [-0.1, -0.05) is 11.2 Å². The van der Waals surface area contributed by atoms with E-state index in [1.807, 2.05) is 32.0 Å². The maximum atomic E-state index is 12.7. The Morgan fingerprint density at radius 2 is 2.11 bits per heavy atom. The van der Waals surface area contributed by atoms with Gasteiger partial charge < -0.3 is 14.0 Å². The number of aryl methyl sites for hydroxylation is 3. The number of hydrogen-bond acceptors (Lipinski definition) is 5. The average molecular weight is 365 g/mol. The molecule has 1 aliphatic heterocycles. The SMILES string of the molecule is Cc1noc(C)c1-c1ccc(C2CCCN(C(=O)c3cn(C)cn3)C2)nc1. The van der Waals surface area contributed by atoms with Crippen LogP contribution in [0.2, 0.25) is 0 Å². The van der Waals surface area contributed by atoms with Gasteiger partial charge >= 0.3 is 0 Å². The van der Waals surface area contributed by atoms with Crippen LogP contribution in [0.5, 0.6) is 0 Å². The average Bonchev–Trinajstić information content (AvgIpc) is 3.27. The van der Waals surface area contributed by atoms with Gasteiger partial charge in [-0.2, -0.15) is 0 Å². The number of pyridine rings is 1. The highest BCUT2D eigenvalue weighted by Crippen LogP contribution is 2.30. The van der Waals surface area contributed by atoms with Crippen LogP contribution in [0.15, 0.2) is 35.4 Å². The number of imidazole rings is 1. The summed E-state index contributed by atoms with van der Waals surface area (Å²) in [6, 6.07) is 4.12. The van der Waals surface area contributed by atoms with Crippen LogP contribution in [0, 0.1) is 13.8 Å². The topological polar surface area (TPSA) is 77.0 Å². The lowest BCUT2D eigenvalue weighted by Gasteiger charge is -2.32. The van der Waals surface area contributed by atoms with E-state index in [0.717, 1.165) is 47.7 Å². The van der Waals surface area contributed by atoms with Crippen LogP contribution in [-0.2, 0) is 7.05 Å². The maximum Gasteiger partial charge on any atom is 0.274 e. The largest absolute Gasteiger partial charge is 0.361 e. The van der Waals surface area contributed by atoms with Gasteiger partial charge in [0, 0.05) is 55.3 Å². The van der Waals surface area contributed by atoms with Crippen molar-refractivity contribution in [3.8, 4) is 11.1 Å². The van der Waals surface area contributed by atoms with E-state index in [2.05, 4.69) is 27.3 Å². The van der Waals surface area contributed by atoms with Gasteiger partial charge in [-0.15, -0.1) is 0 Å². The molecule has 0 bridgehead atoms. The summed E-state index contributed by atoms with van der Waals surface area (Å²) in [4.78, 5) is 23.4. The molecule has 1 fully saturated rings. The van der Waals surface area contributed by atoms with Crippen molar-refractivity contribution in [2.45, 2.75) is 32.6 Å². The first kappa shape index (κ1) is 17.5. The van der Waals surface area contributed by atoms with E-state index >= 15 is 0 Å². The Morgan fingerprint density at radius 3 is 2.74 bits per heavy atom. The Bertz CT molecular complexity index is 938. The van der Waals surface area contributed by atoms with Crippen molar-refractivity contribution >= 4 is 5.91 Å². The fraction of sp³-hybridized carbons (Fsp3) is 0.400. The molecule has 0 saturated carbocycles. The molecule has 7 nitrogen and oxygen atoms in total. The van der Waals surface area contributed by atoms with Crippen molar-refractivity contribution in [1.29, 1.82) is 0 Å². The minimum atomic E-state index is -0.00681. The molecule has 1 amide bonds. The van der Waals surface area contributed by atoms with Gasteiger partial charge in [0.05, 0.1) is 12.0 Å². The Hall–Kier alpha value is -2.96. The second-order valence-electron chi connectivity index (χ2n) is 7.19. The number of piperidine rings is 1. The Morgan fingerprint density at radius 1 is 1.26 bits per heavy atom. The van der Waals surface area contributed by atoms with Crippen LogP contribution in [0.1, 0.15) is 46.4 Å². The second kappa shape index (κ2) is 6.98. The number of likely N-dealkylation sites (tertiary alicyclic amines) is 1. The lowest BCUT2D eigenvalue weighted by molar-refractivity contribution is 0.0700. The van der Waals surface area contributed by atoms with Crippen LogP contribution < -0.4 is 0 Å². The zero-order chi connectivity index (χ0) is 19.0. The van der Waals surface area contributed by atoms with E-state index in [1.165, 1.54) is 0 Å². The summed E-state index contributed by atoms with van der Waals surface area (Å²) in [6.07, 6.45) is 7.30. The normalized spacial score (nSPS) is 17.3. The second-order valence-corrected chi connectivity index (χ2v) is 7.19. The third kappa shape index (κ3) is 3.37. The van der Waals surface area contributed by atoms with Crippen molar-refractivity contribution in [2.75, 3.05) is 13.1 Å². The molecule has 0 N–H and O–H groups in total. The molecule has 1 unspecified atom stereocenters. The van der Waals surface area contributed by atoms with E-state index in [1.54, 1.807) is 17.1 Å². The minimum Gasteiger partial charge on any atom is -0.361 e. The van der Waals surface area contributed by atoms with Gasteiger partial charge in [0.2, 0.25) is 0 Å². The molecule has 0 radical (unpaired) electrons. The summed E-state index contributed by atoms with van der Waals surface area (Å²) in [5, 5.41) is 4.01. The molecule has 4 heterocycles. The van der Waals surface area contributed by atoms with Gasteiger partial charge in [-0.3, -0.25) is 9.78 Å². The number of rotatable bonds is 3. The molecule has 27 heavy (non-hydrogen) atoms. The molecule has 1 atom stereocenters. The smallest absolute Gasteiger partial charge is 0.274 e. The maximum absolute atomic E-state index is 12.7. The van der Waals surface area contributed by atoms with Crippen LogP contribution in [0.25, 0.3) is 11.1 Å². The summed E-state index contributed by atoms with van der Waals surface area (Å²) >= 11 is 0. The number of hydrogen-bond donors (Lipinski definition) is 0. The van der Waals surface area contributed by atoms with Gasteiger partial charge in [0.25, 0.3) is 5.91 Å². The van der Waals surface area contributed by atoms with E-state index in [4.69, 9.17) is 4.52 Å². The van der Waals surface area contributed by atoms with Gasteiger partial charge in [-0.05, 0) is 32.8 Å². The van der Waals surface area contributed by atoms with Gasteiger partial charge in [0.1, 0.15) is 11.5 Å². The van der Waals surface area contributed by atoms with Crippen LogP contribution >= 0.6 is 0 Å². The first-order valence-corrected chi connectivity index (χ1v) is 9.19. The number of aromatic nitrogens is 4. The summed E-state index contributed by atoms with van der Waals surface area (Å²) in [7, 11) is 1.87. The van der Waals surface area contributed by atoms with Crippen molar-refractivity contribution in [3.05, 3.63) is 53.7 Å². The third-order valence-electron chi connectivity index (χ3n) is 5.16. The molecule has 3 aromatic heterocycles. The monoisotopic (exact) mass is 365 g/mol. The molecule has 7 heteroatoms. The molecule has 0 spiro atoms. The van der Waals surface area contributed by atoms with Gasteiger partial charge in [-0.25, -0.2) is 4.98 Å². The fourth-order valence-corrected chi connectivity index (χ4v) is 3.78. The number of nitrogens with zero attached hydrogens (tertiary/aromatic N) is 5. The molecule has 0 aromatic carbocycles. The van der Waals surface area contributed by atoms with Gasteiger partial charge in [0.15, 0.2) is 0 Å². The summed E-state index contributed by atoms with van der Waals surface area (Å²) < 4.78 is 7.05. The number of amides is 1. The third-order valence-corrected chi connectivity index (χ3v) is 5.16. The standard InChI is InChI=1S/C20H23N5O2/c1-13-19(14(2)27-23-13)15-6-7-17(21-9-15)16-5-4-8-25(10-16)20(26)18-11-24(3)12-22-18/h6-7,9,11-12,16H,4-5,8,10H2,1-3H3. The van der Waals surface area contributed by atoms with E-state index in [9.17, 15) is 4.79 Å². The molecule has 1 saturated heterocycles. The zero-order valence-electron chi connectivity index (χ0n) is 15.8. The molecular formula is C20H23N5O2. The minimum absolute atomic E-state index is 0.00681. The van der Waals surface area contributed by atoms with Crippen molar-refractivity contribution in [2.24, 2.45) is 7.05 Å². The van der Waals surface area contributed by atoms with Crippen molar-refractivity contribution in [3.63, 3.8) is 0 Å². The highest BCUT2D eigenvalue weighted by atomic mass is 16.5. The van der Waals surface area contributed by atoms with Crippen LogP contribution in [0.4, 0.5) is 0 Å². The fourth-order valence-electron chi connectivity index (χ4n) is 3.78. The first-order valence-electron chi connectivity index (χ1n) is 9.19. The number of carbonyl (C=O) groups excluding carboxylic acids is 1. The van der Waals surface area contributed by atoms with E-state index in [-0.39, 0.29) is 11.8 Å². The molecule has 140 valence electrons. The molecule has 4 rings (SSSR count). The lowest BCUT2D eigenvalue weighted by Crippen LogP contribution is -2.39. The molecule has 3 aromatic rings. The lowest BCUT2D eigenvalue weighted by atomic mass is 9.93. The number of carbonyl (C=O) groups is 1. The highest BCUT2D eigenvalue weighted by Gasteiger charge is 2.27. The summed E-state index contributed by atoms with van der Waals surface area (Å²) in [5.74, 6) is 1.03. The van der Waals surface area contributed by atoms with Crippen LogP contribution in [-0.4, -0.2) is 43.6 Å². The predicted molar refractivity (Wildman–Crippen MR) is 100 cm³/mol. The molecular weight excluding hydrogens is 342 g/mol. The quantitative estimate of drug-likeness (QED) is 0.713. The predicted octanol–water partition coefficient (Wildman–Crippen LogP) is 3.11. The highest BCUT2D eigenvalue weighted by molar-refractivity contribution is 5.92. The molecule has 0 aliphatic carbocycles. The van der Waals surface area contributed by atoms with E-state index < -0.39 is 0 Å². The Balaban J connectivity index is 1.51. The first-order chi connectivity index (χ1) is 13.0. The Kier molecular flexibility index (Phi) is 4.51. The summed E-state index contributed by atoms with van der Waals surface area (Å²) in [5.41, 5.74) is 4.40. The van der Waals surface area contributed by atoms with Crippen LogP contribution in [0.3, 0.4) is 0 Å². The summed E-state index contributed by atoms with van der Waals surface area (Å²) in [6.45, 7) is 5.28. The Labute approximate surface area is 158 Å². The zero-order valence-corrected chi connectivity index (χ0v) is 15.8.